The van der Waals surface area contributed by atoms with Gasteiger partial charge in [0, 0.05) is 18.5 Å². The zero-order valence-electron chi connectivity index (χ0n) is 18.7. The highest BCUT2D eigenvalue weighted by molar-refractivity contribution is 7.71. The van der Waals surface area contributed by atoms with Crippen LogP contribution in [0.25, 0.3) is 33.5 Å². The van der Waals surface area contributed by atoms with E-state index in [0.29, 0.717) is 17.9 Å². The molecule has 34 heavy (non-hydrogen) atoms. The number of aromatic amines is 1. The van der Waals surface area contributed by atoms with E-state index in [-0.39, 0.29) is 10.8 Å². The summed E-state index contributed by atoms with van der Waals surface area (Å²) in [5.74, 6) is 1.15. The Morgan fingerprint density at radius 2 is 1.79 bits per heavy atom. The van der Waals surface area contributed by atoms with Crippen molar-refractivity contribution < 1.29 is 14.1 Å². The number of benzene rings is 3. The van der Waals surface area contributed by atoms with Gasteiger partial charge in [-0.05, 0) is 41.0 Å². The third-order valence-electron chi connectivity index (χ3n) is 5.79. The summed E-state index contributed by atoms with van der Waals surface area (Å²) in [5.41, 5.74) is 6.16. The fourth-order valence-corrected chi connectivity index (χ4v) is 4.34. The number of imidazole rings is 1. The first-order valence-corrected chi connectivity index (χ1v) is 11.3. The van der Waals surface area contributed by atoms with Crippen LogP contribution >= 0.6 is 12.2 Å². The number of methoxy groups -OCH3 is 1. The molecule has 0 saturated carbocycles. The second kappa shape index (κ2) is 9.07. The van der Waals surface area contributed by atoms with Crippen LogP contribution in [0.2, 0.25) is 0 Å². The largest absolute Gasteiger partial charge is 0.465 e. The molecule has 8 heteroatoms. The molecule has 3 aromatic carbocycles. The van der Waals surface area contributed by atoms with Crippen LogP contribution in [0.5, 0.6) is 0 Å². The number of fused-ring (bicyclic) bond motifs is 1. The number of carbonyl (C=O) groups excluding carboxylic acids is 1. The van der Waals surface area contributed by atoms with Gasteiger partial charge in [0.05, 0.1) is 23.7 Å². The van der Waals surface area contributed by atoms with Crippen LogP contribution in [0, 0.1) is 4.84 Å². The van der Waals surface area contributed by atoms with Crippen molar-refractivity contribution in [1.82, 2.24) is 19.7 Å². The van der Waals surface area contributed by atoms with Gasteiger partial charge in [0.25, 0.3) is 0 Å². The number of hydrogen-bond acceptors (Lipinski definition) is 6. The molecule has 5 aromatic rings. The SMILES string of the molecule is CCc1nc2cccc(C(=O)OC)c2n1Cc1ccc(-c2ccccc2-c2nc(=S)o[nH]2)cc1. The van der Waals surface area contributed by atoms with Crippen LogP contribution in [0.4, 0.5) is 0 Å². The van der Waals surface area contributed by atoms with E-state index in [1.807, 2.05) is 36.4 Å². The third-order valence-corrected chi connectivity index (χ3v) is 5.97. The van der Waals surface area contributed by atoms with Crippen molar-refractivity contribution in [2.75, 3.05) is 7.11 Å². The van der Waals surface area contributed by atoms with Gasteiger partial charge in [-0.25, -0.2) is 14.9 Å². The molecule has 7 nitrogen and oxygen atoms in total. The van der Waals surface area contributed by atoms with Gasteiger partial charge in [-0.2, -0.15) is 4.98 Å². The summed E-state index contributed by atoms with van der Waals surface area (Å²) in [6.45, 7) is 2.65. The van der Waals surface area contributed by atoms with E-state index in [4.69, 9.17) is 26.5 Å². The molecule has 1 N–H and O–H groups in total. The van der Waals surface area contributed by atoms with Crippen LogP contribution < -0.4 is 0 Å². The van der Waals surface area contributed by atoms with E-state index in [1.54, 1.807) is 6.07 Å². The van der Waals surface area contributed by atoms with Crippen LogP contribution in [0.1, 0.15) is 28.7 Å². The fourth-order valence-electron chi connectivity index (χ4n) is 4.21. The molecule has 170 valence electrons. The summed E-state index contributed by atoms with van der Waals surface area (Å²) in [4.78, 5) is 21.6. The van der Waals surface area contributed by atoms with Crippen molar-refractivity contribution in [3.8, 4) is 22.5 Å². The highest BCUT2D eigenvalue weighted by Crippen LogP contribution is 2.31. The summed E-state index contributed by atoms with van der Waals surface area (Å²) < 4.78 is 12.2. The van der Waals surface area contributed by atoms with E-state index in [1.165, 1.54) is 7.11 Å². The van der Waals surface area contributed by atoms with Crippen molar-refractivity contribution in [2.45, 2.75) is 19.9 Å². The molecule has 0 aliphatic rings. The van der Waals surface area contributed by atoms with Gasteiger partial charge in [0.2, 0.25) is 0 Å². The van der Waals surface area contributed by atoms with Gasteiger partial charge >= 0.3 is 10.8 Å². The molecule has 0 saturated heterocycles. The molecule has 0 spiro atoms. The number of aryl methyl sites for hydroxylation is 1. The Morgan fingerprint density at radius 1 is 1.03 bits per heavy atom. The normalized spacial score (nSPS) is 11.1. The molecule has 2 aromatic heterocycles. The van der Waals surface area contributed by atoms with Crippen molar-refractivity contribution in [3.05, 3.63) is 88.5 Å². The smallest absolute Gasteiger partial charge is 0.340 e. The highest BCUT2D eigenvalue weighted by atomic mass is 32.1. The number of H-pyrrole nitrogens is 1. The monoisotopic (exact) mass is 470 g/mol. The first-order valence-electron chi connectivity index (χ1n) is 10.9. The second-order valence-electron chi connectivity index (χ2n) is 7.81. The number of rotatable bonds is 6. The lowest BCUT2D eigenvalue weighted by atomic mass is 9.98. The minimum atomic E-state index is -0.367. The van der Waals surface area contributed by atoms with Crippen molar-refractivity contribution in [3.63, 3.8) is 0 Å². The maximum Gasteiger partial charge on any atom is 0.340 e. The van der Waals surface area contributed by atoms with Gasteiger partial charge in [-0.1, -0.05) is 61.5 Å². The first kappa shape index (κ1) is 21.8. The Hall–Kier alpha value is -4.04. The predicted molar refractivity (Wildman–Crippen MR) is 132 cm³/mol. The molecule has 0 bridgehead atoms. The number of para-hydroxylation sites is 1. The summed E-state index contributed by atoms with van der Waals surface area (Å²) >= 11 is 5.01. The Bertz CT molecular complexity index is 1550. The molecule has 0 amide bonds. The van der Waals surface area contributed by atoms with Crippen molar-refractivity contribution in [2.24, 2.45) is 0 Å². The topological polar surface area (TPSA) is 85.9 Å². The Balaban J connectivity index is 1.52. The Morgan fingerprint density at radius 3 is 2.47 bits per heavy atom. The van der Waals surface area contributed by atoms with Gasteiger partial charge in [-0.3, -0.25) is 0 Å². The van der Waals surface area contributed by atoms with Gasteiger partial charge in [0.1, 0.15) is 5.82 Å². The summed E-state index contributed by atoms with van der Waals surface area (Å²) in [6, 6.07) is 21.8. The molecular weight excluding hydrogens is 448 g/mol. The summed E-state index contributed by atoms with van der Waals surface area (Å²) in [7, 11) is 1.39. The molecule has 5 rings (SSSR count). The summed E-state index contributed by atoms with van der Waals surface area (Å²) in [5, 5.41) is 2.78. The number of hydrogen-bond donors (Lipinski definition) is 1. The van der Waals surface area contributed by atoms with Gasteiger partial charge < -0.3 is 13.8 Å². The number of carbonyl (C=O) groups is 1. The fraction of sp³-hybridized carbons (Fsp3) is 0.154. The molecule has 0 radical (unpaired) electrons. The molecule has 0 atom stereocenters. The minimum Gasteiger partial charge on any atom is -0.465 e. The maximum absolute atomic E-state index is 12.4. The number of esters is 1. The second-order valence-corrected chi connectivity index (χ2v) is 8.15. The lowest BCUT2D eigenvalue weighted by molar-refractivity contribution is 0.0602. The lowest BCUT2D eigenvalue weighted by Crippen LogP contribution is -2.09. The average Bonchev–Trinajstić information content (AvgIpc) is 3.47. The number of nitrogens with one attached hydrogen (secondary N) is 1. The first-order chi connectivity index (χ1) is 16.6. The summed E-state index contributed by atoms with van der Waals surface area (Å²) in [6.07, 6.45) is 0.750. The van der Waals surface area contributed by atoms with E-state index < -0.39 is 0 Å². The quantitative estimate of drug-likeness (QED) is 0.249. The third kappa shape index (κ3) is 3.92. The number of nitrogens with zero attached hydrogens (tertiary/aromatic N) is 3. The number of ether oxygens (including phenoxy) is 1. The highest BCUT2D eigenvalue weighted by Gasteiger charge is 2.18. The zero-order valence-corrected chi connectivity index (χ0v) is 19.6. The molecule has 2 heterocycles. The lowest BCUT2D eigenvalue weighted by Gasteiger charge is -2.12. The van der Waals surface area contributed by atoms with Crippen molar-refractivity contribution in [1.29, 1.82) is 0 Å². The van der Waals surface area contributed by atoms with Gasteiger partial charge in [0.15, 0.2) is 5.82 Å². The molecule has 0 unspecified atom stereocenters. The Kier molecular flexibility index (Phi) is 5.81. The zero-order chi connectivity index (χ0) is 23.7. The van der Waals surface area contributed by atoms with Crippen LogP contribution in [-0.2, 0) is 17.7 Å². The maximum atomic E-state index is 12.4. The van der Waals surface area contributed by atoms with E-state index >= 15 is 0 Å². The minimum absolute atomic E-state index is 0.172. The average molecular weight is 471 g/mol. The van der Waals surface area contributed by atoms with Crippen LogP contribution in [0.3, 0.4) is 0 Å². The predicted octanol–water partition coefficient (Wildman–Crippen LogP) is 5.81. The van der Waals surface area contributed by atoms with Crippen LogP contribution in [0.15, 0.2) is 71.3 Å². The molecule has 0 aliphatic heterocycles. The van der Waals surface area contributed by atoms with E-state index in [9.17, 15) is 4.79 Å². The molecule has 0 aliphatic carbocycles. The Labute approximate surface area is 201 Å². The molecule has 0 fully saturated rings. The van der Waals surface area contributed by atoms with E-state index in [0.717, 1.165) is 45.5 Å². The van der Waals surface area contributed by atoms with E-state index in [2.05, 4.69) is 45.9 Å². The van der Waals surface area contributed by atoms with Crippen molar-refractivity contribution >= 4 is 29.2 Å². The van der Waals surface area contributed by atoms with Crippen LogP contribution in [-0.4, -0.2) is 32.8 Å². The standard InChI is InChI=1S/C26H22N4O3S/c1-3-22-27-21-10-6-9-20(25(31)32-2)23(21)30(22)15-16-11-13-17(14-12-16)18-7-4-5-8-19(18)24-28-26(34)33-29-24/h4-14H,3,15H2,1-2H3,(H,28,29,34). The molecular formula is C26H22N4O3S. The van der Waals surface area contributed by atoms with Gasteiger partial charge in [-0.15, -0.1) is 0 Å². The number of aromatic nitrogens is 4.